The number of hydrogen-bond acceptors (Lipinski definition) is 5. The summed E-state index contributed by atoms with van der Waals surface area (Å²) < 4.78 is 5.35. The Bertz CT molecular complexity index is 723. The monoisotopic (exact) mass is 344 g/mol. The molecule has 0 atom stereocenters. The number of ether oxygens (including phenoxy) is 1. The zero-order valence-corrected chi connectivity index (χ0v) is 14.7. The molecular formula is C18H26N5O2+. The normalized spacial score (nSPS) is 15.2. The minimum absolute atomic E-state index is 0.183. The predicted octanol–water partition coefficient (Wildman–Crippen LogP) is -0.219. The average molecular weight is 344 g/mol. The Morgan fingerprint density at radius 2 is 1.96 bits per heavy atom. The van der Waals surface area contributed by atoms with Gasteiger partial charge in [-0.1, -0.05) is 29.8 Å². The Labute approximate surface area is 147 Å². The SMILES string of the molecule is Cc1ccc(Cc2nnc(NCCC[NH+]3CCOCC3)[nH]c2=O)cc1. The van der Waals surface area contributed by atoms with Crippen LogP contribution in [0.15, 0.2) is 29.1 Å². The van der Waals surface area contributed by atoms with Crippen LogP contribution in [0.1, 0.15) is 23.2 Å². The van der Waals surface area contributed by atoms with Crippen LogP contribution in [0, 0.1) is 6.92 Å². The number of aromatic nitrogens is 3. The number of anilines is 1. The molecule has 0 unspecified atom stereocenters. The van der Waals surface area contributed by atoms with Gasteiger partial charge in [0.1, 0.15) is 18.8 Å². The van der Waals surface area contributed by atoms with Gasteiger partial charge in [-0.3, -0.25) is 9.78 Å². The van der Waals surface area contributed by atoms with Crippen molar-refractivity contribution in [3.63, 3.8) is 0 Å². The molecule has 2 heterocycles. The first-order valence-corrected chi connectivity index (χ1v) is 8.87. The molecule has 0 bridgehead atoms. The van der Waals surface area contributed by atoms with E-state index < -0.39 is 0 Å². The second kappa shape index (κ2) is 8.73. The van der Waals surface area contributed by atoms with Gasteiger partial charge < -0.3 is 15.0 Å². The second-order valence-electron chi connectivity index (χ2n) is 6.50. The van der Waals surface area contributed by atoms with Gasteiger partial charge in [-0.15, -0.1) is 10.2 Å². The molecule has 1 aliphatic rings. The van der Waals surface area contributed by atoms with Gasteiger partial charge in [-0.05, 0) is 12.5 Å². The molecular weight excluding hydrogens is 318 g/mol. The minimum Gasteiger partial charge on any atom is -0.370 e. The molecule has 0 radical (unpaired) electrons. The first-order valence-electron chi connectivity index (χ1n) is 8.87. The van der Waals surface area contributed by atoms with Gasteiger partial charge in [-0.2, -0.15) is 0 Å². The largest absolute Gasteiger partial charge is 0.370 e. The molecule has 1 aliphatic heterocycles. The molecule has 1 saturated heterocycles. The van der Waals surface area contributed by atoms with E-state index in [0.29, 0.717) is 18.1 Å². The van der Waals surface area contributed by atoms with Crippen molar-refractivity contribution in [3.05, 3.63) is 51.4 Å². The topological polar surface area (TPSA) is 84.3 Å². The van der Waals surface area contributed by atoms with Crippen molar-refractivity contribution < 1.29 is 9.64 Å². The van der Waals surface area contributed by atoms with Crippen molar-refractivity contribution in [2.45, 2.75) is 19.8 Å². The summed E-state index contributed by atoms with van der Waals surface area (Å²) in [5, 5.41) is 11.3. The van der Waals surface area contributed by atoms with Crippen LogP contribution in [-0.2, 0) is 11.2 Å². The maximum absolute atomic E-state index is 12.2. The van der Waals surface area contributed by atoms with Crippen LogP contribution >= 0.6 is 0 Å². The number of aryl methyl sites for hydroxylation is 1. The molecule has 7 heteroatoms. The zero-order valence-electron chi connectivity index (χ0n) is 14.7. The van der Waals surface area contributed by atoms with Gasteiger partial charge >= 0.3 is 0 Å². The third-order valence-corrected chi connectivity index (χ3v) is 4.46. The molecule has 7 nitrogen and oxygen atoms in total. The van der Waals surface area contributed by atoms with Crippen LogP contribution in [0.2, 0.25) is 0 Å². The Balaban J connectivity index is 1.47. The first kappa shape index (κ1) is 17.6. The molecule has 1 aromatic carbocycles. The number of rotatable bonds is 7. The fourth-order valence-corrected chi connectivity index (χ4v) is 2.91. The highest BCUT2D eigenvalue weighted by molar-refractivity contribution is 5.26. The summed E-state index contributed by atoms with van der Waals surface area (Å²) in [6.07, 6.45) is 1.51. The Morgan fingerprint density at radius 1 is 1.20 bits per heavy atom. The summed E-state index contributed by atoms with van der Waals surface area (Å²) in [4.78, 5) is 16.5. The van der Waals surface area contributed by atoms with E-state index in [1.54, 1.807) is 4.90 Å². The lowest BCUT2D eigenvalue weighted by molar-refractivity contribution is -0.908. The van der Waals surface area contributed by atoms with E-state index in [1.165, 1.54) is 5.56 Å². The highest BCUT2D eigenvalue weighted by Crippen LogP contribution is 2.06. The number of nitrogens with one attached hydrogen (secondary N) is 3. The van der Waals surface area contributed by atoms with E-state index in [1.807, 2.05) is 31.2 Å². The first-order chi connectivity index (χ1) is 12.2. The molecule has 0 spiro atoms. The minimum atomic E-state index is -0.183. The van der Waals surface area contributed by atoms with E-state index in [9.17, 15) is 4.79 Å². The molecule has 1 aromatic heterocycles. The maximum Gasteiger partial charge on any atom is 0.274 e. The number of hydrogen-bond donors (Lipinski definition) is 3. The summed E-state index contributed by atoms with van der Waals surface area (Å²) in [7, 11) is 0. The fourth-order valence-electron chi connectivity index (χ4n) is 2.91. The molecule has 2 aromatic rings. The van der Waals surface area contributed by atoms with Gasteiger partial charge in [0, 0.05) is 19.4 Å². The van der Waals surface area contributed by atoms with Gasteiger partial charge in [-0.25, -0.2) is 0 Å². The van der Waals surface area contributed by atoms with Crippen LogP contribution < -0.4 is 15.8 Å². The summed E-state index contributed by atoms with van der Waals surface area (Å²) in [6.45, 7) is 7.76. The zero-order chi connectivity index (χ0) is 17.5. The van der Waals surface area contributed by atoms with Crippen molar-refractivity contribution in [1.29, 1.82) is 0 Å². The van der Waals surface area contributed by atoms with Crippen molar-refractivity contribution in [1.82, 2.24) is 15.2 Å². The summed E-state index contributed by atoms with van der Waals surface area (Å²) in [6, 6.07) is 8.08. The van der Waals surface area contributed by atoms with Crippen molar-refractivity contribution in [2.24, 2.45) is 0 Å². The van der Waals surface area contributed by atoms with E-state index >= 15 is 0 Å². The van der Waals surface area contributed by atoms with Crippen LogP contribution in [0.5, 0.6) is 0 Å². The standard InChI is InChI=1S/C18H25N5O2/c1-14-3-5-15(6-4-14)13-16-17(24)20-18(22-21-16)19-7-2-8-23-9-11-25-12-10-23/h3-6H,2,7-13H2,1H3,(H2,19,20,22,24)/p+1. The van der Waals surface area contributed by atoms with E-state index in [-0.39, 0.29) is 5.56 Å². The third-order valence-electron chi connectivity index (χ3n) is 4.46. The smallest absolute Gasteiger partial charge is 0.274 e. The molecule has 1 fully saturated rings. The number of nitrogens with zero attached hydrogens (tertiary/aromatic N) is 2. The van der Waals surface area contributed by atoms with Crippen molar-refractivity contribution in [3.8, 4) is 0 Å². The lowest BCUT2D eigenvalue weighted by Gasteiger charge is -2.23. The maximum atomic E-state index is 12.2. The molecule has 134 valence electrons. The lowest BCUT2D eigenvalue weighted by Crippen LogP contribution is -3.14. The van der Waals surface area contributed by atoms with E-state index in [4.69, 9.17) is 4.74 Å². The van der Waals surface area contributed by atoms with Crippen LogP contribution in [-0.4, -0.2) is 54.6 Å². The van der Waals surface area contributed by atoms with Gasteiger partial charge in [0.05, 0.1) is 19.8 Å². The van der Waals surface area contributed by atoms with Gasteiger partial charge in [0.15, 0.2) is 0 Å². The Morgan fingerprint density at radius 3 is 2.68 bits per heavy atom. The van der Waals surface area contributed by atoms with Crippen LogP contribution in [0.3, 0.4) is 0 Å². The summed E-state index contributed by atoms with van der Waals surface area (Å²) in [5.74, 6) is 0.439. The van der Waals surface area contributed by atoms with Crippen LogP contribution in [0.4, 0.5) is 5.95 Å². The molecule has 3 rings (SSSR count). The third kappa shape index (κ3) is 5.37. The number of aromatic amines is 1. The molecule has 0 saturated carbocycles. The number of H-pyrrole nitrogens is 1. The van der Waals surface area contributed by atoms with Crippen molar-refractivity contribution >= 4 is 5.95 Å². The van der Waals surface area contributed by atoms with Gasteiger partial charge in [0.2, 0.25) is 5.95 Å². The fraction of sp³-hybridized carbons (Fsp3) is 0.500. The molecule has 25 heavy (non-hydrogen) atoms. The Hall–Kier alpha value is -2.25. The van der Waals surface area contributed by atoms with Gasteiger partial charge in [0.25, 0.3) is 5.56 Å². The van der Waals surface area contributed by atoms with E-state index in [2.05, 4.69) is 20.5 Å². The second-order valence-corrected chi connectivity index (χ2v) is 6.50. The van der Waals surface area contributed by atoms with E-state index in [0.717, 1.165) is 51.4 Å². The Kier molecular flexibility index (Phi) is 6.14. The summed E-state index contributed by atoms with van der Waals surface area (Å²) >= 11 is 0. The predicted molar refractivity (Wildman–Crippen MR) is 96.1 cm³/mol. The lowest BCUT2D eigenvalue weighted by atomic mass is 10.1. The molecule has 0 amide bonds. The number of benzene rings is 1. The molecule has 0 aliphatic carbocycles. The quantitative estimate of drug-likeness (QED) is 0.605. The highest BCUT2D eigenvalue weighted by atomic mass is 16.5. The van der Waals surface area contributed by atoms with Crippen LogP contribution in [0.25, 0.3) is 0 Å². The number of quaternary nitrogens is 1. The summed E-state index contributed by atoms with van der Waals surface area (Å²) in [5.41, 5.74) is 2.51. The van der Waals surface area contributed by atoms with Crippen molar-refractivity contribution in [2.75, 3.05) is 44.7 Å². The molecule has 3 N–H and O–H groups in total. The number of morpholine rings is 1. The highest BCUT2D eigenvalue weighted by Gasteiger charge is 2.12. The average Bonchev–Trinajstić information content (AvgIpc) is 2.63.